The first kappa shape index (κ1) is 19.6. The number of rotatable bonds is 7. The fourth-order valence-electron chi connectivity index (χ4n) is 2.30. The second-order valence-electron chi connectivity index (χ2n) is 5.83. The van der Waals surface area contributed by atoms with Crippen LogP contribution in [0.3, 0.4) is 0 Å². The zero-order valence-electron chi connectivity index (χ0n) is 14.3. The predicted octanol–water partition coefficient (Wildman–Crippen LogP) is 2.81. The van der Waals surface area contributed by atoms with Gasteiger partial charge in [0.2, 0.25) is 10.0 Å². The minimum atomic E-state index is -3.21. The molecule has 0 spiro atoms. The Morgan fingerprint density at radius 1 is 1.24 bits per heavy atom. The van der Waals surface area contributed by atoms with Gasteiger partial charge in [-0.25, -0.2) is 17.5 Å². The van der Waals surface area contributed by atoms with Crippen molar-refractivity contribution in [2.45, 2.75) is 19.4 Å². The summed E-state index contributed by atoms with van der Waals surface area (Å²) >= 11 is 1.35. The highest BCUT2D eigenvalue weighted by molar-refractivity contribution is 7.88. The van der Waals surface area contributed by atoms with Crippen LogP contribution in [0.1, 0.15) is 33.1 Å². The lowest BCUT2D eigenvalue weighted by molar-refractivity contribution is 0.0747. The van der Waals surface area contributed by atoms with Crippen LogP contribution in [0.5, 0.6) is 0 Å². The van der Waals surface area contributed by atoms with Crippen molar-refractivity contribution in [2.75, 3.05) is 19.8 Å². The third-order valence-corrected chi connectivity index (χ3v) is 5.72. The maximum atomic E-state index is 13.0. The molecule has 1 amide bonds. The van der Waals surface area contributed by atoms with Crippen molar-refractivity contribution >= 4 is 27.3 Å². The van der Waals surface area contributed by atoms with E-state index in [1.807, 2.05) is 13.0 Å². The van der Waals surface area contributed by atoms with Gasteiger partial charge in [-0.2, -0.15) is 0 Å². The molecule has 1 atom stereocenters. The molecule has 0 aliphatic rings. The lowest BCUT2D eigenvalue weighted by Crippen LogP contribution is -2.29. The van der Waals surface area contributed by atoms with E-state index in [4.69, 9.17) is 0 Å². The molecule has 8 heteroatoms. The van der Waals surface area contributed by atoms with Crippen LogP contribution in [-0.4, -0.2) is 39.1 Å². The highest BCUT2D eigenvalue weighted by atomic mass is 32.2. The van der Waals surface area contributed by atoms with Gasteiger partial charge in [-0.15, -0.1) is 11.3 Å². The number of carbonyl (C=O) groups is 1. The molecule has 0 aliphatic heterocycles. The molecule has 2 rings (SSSR count). The Morgan fingerprint density at radius 2 is 1.88 bits per heavy atom. The van der Waals surface area contributed by atoms with Crippen LogP contribution in [0.25, 0.3) is 0 Å². The minimum Gasteiger partial charge on any atom is -0.334 e. The molecule has 2 aromatic rings. The zero-order valence-corrected chi connectivity index (χ0v) is 16.0. The largest absolute Gasteiger partial charge is 0.334 e. The van der Waals surface area contributed by atoms with Crippen LogP contribution in [0.2, 0.25) is 0 Å². The van der Waals surface area contributed by atoms with Gasteiger partial charge in [-0.3, -0.25) is 4.79 Å². The van der Waals surface area contributed by atoms with Gasteiger partial charge >= 0.3 is 0 Å². The number of sulfonamides is 1. The average Bonchev–Trinajstić information content (AvgIpc) is 3.01. The monoisotopic (exact) mass is 384 g/mol. The summed E-state index contributed by atoms with van der Waals surface area (Å²) in [6.07, 6.45) is 1.64. The first-order valence-corrected chi connectivity index (χ1v) is 10.4. The first-order valence-electron chi connectivity index (χ1n) is 7.73. The number of amides is 1. The Labute approximate surface area is 151 Å². The fraction of sp³-hybridized carbons (Fsp3) is 0.353. The second kappa shape index (κ2) is 8.07. The quantitative estimate of drug-likeness (QED) is 0.798. The van der Waals surface area contributed by atoms with Crippen molar-refractivity contribution in [1.82, 2.24) is 9.62 Å². The van der Waals surface area contributed by atoms with Crippen molar-refractivity contribution in [1.29, 1.82) is 0 Å². The Hall–Kier alpha value is -1.77. The van der Waals surface area contributed by atoms with Crippen molar-refractivity contribution in [3.63, 3.8) is 0 Å². The van der Waals surface area contributed by atoms with Crippen LogP contribution in [0.15, 0.2) is 36.4 Å². The third kappa shape index (κ3) is 5.62. The topological polar surface area (TPSA) is 66.5 Å². The molecule has 1 unspecified atom stereocenters. The van der Waals surface area contributed by atoms with Crippen LogP contribution in [0, 0.1) is 5.82 Å². The normalized spacial score (nSPS) is 12.8. The van der Waals surface area contributed by atoms with Gasteiger partial charge < -0.3 is 4.90 Å². The van der Waals surface area contributed by atoms with E-state index in [0.29, 0.717) is 17.8 Å². The summed E-state index contributed by atoms with van der Waals surface area (Å²) in [5.74, 6) is -0.431. The lowest BCUT2D eigenvalue weighted by Gasteiger charge is -2.24. The number of halogens is 1. The van der Waals surface area contributed by atoms with Crippen LogP contribution >= 0.6 is 11.3 Å². The SMILES string of the molecule is CC(c1ccc(F)cc1)N(C)C(=O)c1ccc(CCNS(C)(=O)=O)s1. The summed E-state index contributed by atoms with van der Waals surface area (Å²) in [6, 6.07) is 9.48. The number of nitrogens with one attached hydrogen (secondary N) is 1. The molecule has 0 saturated carbocycles. The molecule has 0 bridgehead atoms. The molecule has 1 aromatic carbocycles. The second-order valence-corrected chi connectivity index (χ2v) is 8.83. The van der Waals surface area contributed by atoms with Gasteiger partial charge in [0, 0.05) is 18.5 Å². The minimum absolute atomic E-state index is 0.121. The molecule has 25 heavy (non-hydrogen) atoms. The van der Waals surface area contributed by atoms with E-state index in [1.54, 1.807) is 30.1 Å². The van der Waals surface area contributed by atoms with Crippen molar-refractivity contribution in [3.05, 3.63) is 57.5 Å². The third-order valence-electron chi connectivity index (χ3n) is 3.86. The number of nitrogens with zero attached hydrogens (tertiary/aromatic N) is 1. The molecule has 1 heterocycles. The highest BCUT2D eigenvalue weighted by Gasteiger charge is 2.20. The molecule has 1 aromatic heterocycles. The van der Waals surface area contributed by atoms with Gasteiger partial charge in [0.1, 0.15) is 5.82 Å². The van der Waals surface area contributed by atoms with E-state index < -0.39 is 10.0 Å². The van der Waals surface area contributed by atoms with Crippen LogP contribution in [-0.2, 0) is 16.4 Å². The summed E-state index contributed by atoms with van der Waals surface area (Å²) in [7, 11) is -1.50. The Kier molecular flexibility index (Phi) is 6.31. The highest BCUT2D eigenvalue weighted by Crippen LogP contribution is 2.24. The summed E-state index contributed by atoms with van der Waals surface area (Å²) in [5, 5.41) is 0. The number of carbonyl (C=O) groups excluding carboxylic acids is 1. The smallest absolute Gasteiger partial charge is 0.264 e. The maximum absolute atomic E-state index is 13.0. The molecule has 0 saturated heterocycles. The molecular formula is C17H21FN2O3S2. The molecule has 0 fully saturated rings. The van der Waals surface area contributed by atoms with Gasteiger partial charge in [0.05, 0.1) is 17.2 Å². The first-order chi connectivity index (χ1) is 11.7. The van der Waals surface area contributed by atoms with E-state index >= 15 is 0 Å². The molecule has 1 N–H and O–H groups in total. The fourth-order valence-corrected chi connectivity index (χ4v) is 3.76. The van der Waals surface area contributed by atoms with E-state index in [0.717, 1.165) is 16.7 Å². The summed E-state index contributed by atoms with van der Waals surface area (Å²) < 4.78 is 37.6. The standard InChI is InChI=1S/C17H21FN2O3S2/c1-12(13-4-6-14(18)7-5-13)20(2)17(21)16-9-8-15(24-16)10-11-19-25(3,22)23/h4-9,12,19H,10-11H2,1-3H3. The van der Waals surface area contributed by atoms with Gasteiger partial charge in [-0.1, -0.05) is 12.1 Å². The number of hydrogen-bond acceptors (Lipinski definition) is 4. The van der Waals surface area contributed by atoms with E-state index in [9.17, 15) is 17.6 Å². The number of thiophene rings is 1. The Morgan fingerprint density at radius 3 is 2.48 bits per heavy atom. The summed E-state index contributed by atoms with van der Waals surface area (Å²) in [5.41, 5.74) is 0.853. The summed E-state index contributed by atoms with van der Waals surface area (Å²) in [6.45, 7) is 2.19. The van der Waals surface area contributed by atoms with Crippen LogP contribution < -0.4 is 4.72 Å². The van der Waals surface area contributed by atoms with Crippen molar-refractivity contribution in [2.24, 2.45) is 0 Å². The number of benzene rings is 1. The average molecular weight is 384 g/mol. The van der Waals surface area contributed by atoms with Gasteiger partial charge in [-0.05, 0) is 43.2 Å². The molecule has 5 nitrogen and oxygen atoms in total. The van der Waals surface area contributed by atoms with Gasteiger partial charge in [0.15, 0.2) is 0 Å². The maximum Gasteiger partial charge on any atom is 0.264 e. The predicted molar refractivity (Wildman–Crippen MR) is 97.8 cm³/mol. The van der Waals surface area contributed by atoms with Crippen LogP contribution in [0.4, 0.5) is 4.39 Å². The molecule has 0 radical (unpaired) electrons. The molecular weight excluding hydrogens is 363 g/mol. The van der Waals surface area contributed by atoms with Crippen molar-refractivity contribution in [3.8, 4) is 0 Å². The Balaban J connectivity index is 2.01. The zero-order chi connectivity index (χ0) is 18.6. The lowest BCUT2D eigenvalue weighted by atomic mass is 10.1. The molecule has 136 valence electrons. The Bertz CT molecular complexity index is 832. The van der Waals surface area contributed by atoms with Crippen molar-refractivity contribution < 1.29 is 17.6 Å². The number of hydrogen-bond donors (Lipinski definition) is 1. The van der Waals surface area contributed by atoms with E-state index in [1.165, 1.54) is 23.5 Å². The van der Waals surface area contributed by atoms with Gasteiger partial charge in [0.25, 0.3) is 5.91 Å². The molecule has 0 aliphatic carbocycles. The van der Waals surface area contributed by atoms with E-state index in [-0.39, 0.29) is 17.8 Å². The van der Waals surface area contributed by atoms with E-state index in [2.05, 4.69) is 4.72 Å². The summed E-state index contributed by atoms with van der Waals surface area (Å²) in [4.78, 5) is 15.8.